The third kappa shape index (κ3) is 1.04. The summed E-state index contributed by atoms with van der Waals surface area (Å²) in [6, 6.07) is 0. The predicted octanol–water partition coefficient (Wildman–Crippen LogP) is -0.187. The van der Waals surface area contributed by atoms with Crippen LogP contribution in [0.4, 0.5) is 0 Å². The number of carbonyl (C=O) groups is 1. The zero-order valence-electron chi connectivity index (χ0n) is 6.86. The minimum absolute atomic E-state index is 0.197. The van der Waals surface area contributed by atoms with E-state index in [1.165, 1.54) is 18.2 Å². The first kappa shape index (κ1) is 8.24. The number of aliphatic hydroxyl groups excluding tert-OH is 1. The average Bonchev–Trinajstić information content (AvgIpc) is 2.86. The smallest absolute Gasteiger partial charge is 0.221 e. The minimum Gasteiger partial charge on any atom is -0.386 e. The number of allylic oxidation sites excluding steroid dienone is 1. The Hall–Kier alpha value is -1.37. The quantitative estimate of drug-likeness (QED) is 0.411. The molecule has 3 heteroatoms. The molecule has 0 saturated carbocycles. The molecule has 0 radical (unpaired) electrons. The van der Waals surface area contributed by atoms with Crippen molar-refractivity contribution in [2.45, 2.75) is 17.8 Å². The van der Waals surface area contributed by atoms with Crippen LogP contribution in [0.25, 0.3) is 0 Å². The van der Waals surface area contributed by atoms with Gasteiger partial charge < -0.3 is 9.84 Å². The second-order valence-electron chi connectivity index (χ2n) is 2.96. The maximum atomic E-state index is 11.3. The van der Waals surface area contributed by atoms with Crippen molar-refractivity contribution in [3.05, 3.63) is 24.8 Å². The Kier molecular flexibility index (Phi) is 1.62. The molecule has 1 fully saturated rings. The molecule has 2 aliphatic rings. The number of fused-ring (bicyclic) bond motifs is 1. The summed E-state index contributed by atoms with van der Waals surface area (Å²) in [5, 5.41) is 9.34. The number of ether oxygens (including phenoxy) is 1. The van der Waals surface area contributed by atoms with Crippen molar-refractivity contribution in [2.75, 3.05) is 0 Å². The highest BCUT2D eigenvalue weighted by Crippen LogP contribution is 2.42. The molecule has 13 heavy (non-hydrogen) atoms. The predicted molar refractivity (Wildman–Crippen MR) is 45.7 cm³/mol. The summed E-state index contributed by atoms with van der Waals surface area (Å²) in [5.74, 6) is 5.03. The van der Waals surface area contributed by atoms with Crippen LogP contribution < -0.4 is 0 Å². The number of hydrogen-bond acceptors (Lipinski definition) is 3. The first-order valence-electron chi connectivity index (χ1n) is 3.93. The molecular weight excluding hydrogens is 168 g/mol. The van der Waals surface area contributed by atoms with Crippen LogP contribution in [0.15, 0.2) is 24.8 Å². The zero-order valence-corrected chi connectivity index (χ0v) is 6.86. The van der Waals surface area contributed by atoms with E-state index in [1.54, 1.807) is 0 Å². The van der Waals surface area contributed by atoms with Crippen LogP contribution in [0.1, 0.15) is 0 Å². The van der Waals surface area contributed by atoms with Gasteiger partial charge in [-0.05, 0) is 18.2 Å². The molecule has 0 aromatic rings. The van der Waals surface area contributed by atoms with Crippen molar-refractivity contribution in [1.82, 2.24) is 0 Å². The number of rotatable bonds is 0. The lowest BCUT2D eigenvalue weighted by atomic mass is 9.92. The number of ketones is 1. The monoisotopic (exact) mass is 176 g/mol. The molecule has 0 spiro atoms. The number of carbonyl (C=O) groups excluding carboxylic acids is 1. The maximum Gasteiger partial charge on any atom is 0.221 e. The minimum atomic E-state index is -1.08. The van der Waals surface area contributed by atoms with Gasteiger partial charge in [0.25, 0.3) is 0 Å². The topological polar surface area (TPSA) is 49.8 Å². The van der Waals surface area contributed by atoms with Gasteiger partial charge in [-0.1, -0.05) is 18.4 Å². The maximum absolute atomic E-state index is 11.3. The summed E-state index contributed by atoms with van der Waals surface area (Å²) in [6.07, 6.45) is 2.92. The summed E-state index contributed by atoms with van der Waals surface area (Å²) >= 11 is 0. The van der Waals surface area contributed by atoms with Crippen LogP contribution in [0.2, 0.25) is 0 Å². The van der Waals surface area contributed by atoms with E-state index >= 15 is 0 Å². The molecule has 1 aliphatic carbocycles. The summed E-state index contributed by atoms with van der Waals surface area (Å²) in [6.45, 7) is 3.42. The van der Waals surface area contributed by atoms with Gasteiger partial charge in [-0.25, -0.2) is 0 Å². The lowest BCUT2D eigenvalue weighted by molar-refractivity contribution is -0.117. The Labute approximate surface area is 75.7 Å². The Morgan fingerprint density at radius 2 is 2.54 bits per heavy atom. The van der Waals surface area contributed by atoms with Crippen LogP contribution in [-0.2, 0) is 9.53 Å². The highest BCUT2D eigenvalue weighted by molar-refractivity contribution is 6.04. The Bertz CT molecular complexity index is 358. The van der Waals surface area contributed by atoms with Crippen LogP contribution >= 0.6 is 0 Å². The molecule has 3 atom stereocenters. The molecular formula is C10H8O3. The van der Waals surface area contributed by atoms with Gasteiger partial charge in [0.1, 0.15) is 12.2 Å². The van der Waals surface area contributed by atoms with Crippen LogP contribution in [0, 0.1) is 11.8 Å². The van der Waals surface area contributed by atoms with E-state index in [-0.39, 0.29) is 5.78 Å². The van der Waals surface area contributed by atoms with Crippen LogP contribution in [0.5, 0.6) is 0 Å². The van der Waals surface area contributed by atoms with Gasteiger partial charge in [-0.15, -0.1) is 0 Å². The van der Waals surface area contributed by atoms with Crippen molar-refractivity contribution in [1.29, 1.82) is 0 Å². The summed E-state index contributed by atoms with van der Waals surface area (Å²) in [4.78, 5) is 11.3. The Balaban J connectivity index is 2.32. The zero-order chi connectivity index (χ0) is 9.47. The van der Waals surface area contributed by atoms with Gasteiger partial charge in [0.05, 0.1) is 0 Å². The Morgan fingerprint density at radius 1 is 1.77 bits per heavy atom. The second kappa shape index (κ2) is 2.56. The highest BCUT2D eigenvalue weighted by Gasteiger charge is 2.65. The van der Waals surface area contributed by atoms with E-state index in [4.69, 9.17) is 4.74 Å². The SMILES string of the molecule is C=CC#C[C@@]12O[C@@H]1[C@H](O)C=CC2=O. The van der Waals surface area contributed by atoms with E-state index in [0.29, 0.717) is 0 Å². The Morgan fingerprint density at radius 3 is 3.23 bits per heavy atom. The fourth-order valence-electron chi connectivity index (χ4n) is 1.41. The van der Waals surface area contributed by atoms with Crippen LogP contribution in [-0.4, -0.2) is 28.7 Å². The third-order valence-corrected chi connectivity index (χ3v) is 2.14. The van der Waals surface area contributed by atoms with Crippen molar-refractivity contribution in [2.24, 2.45) is 0 Å². The molecule has 1 saturated heterocycles. The van der Waals surface area contributed by atoms with Gasteiger partial charge in [-0.2, -0.15) is 0 Å². The van der Waals surface area contributed by atoms with Gasteiger partial charge in [0, 0.05) is 0 Å². The molecule has 2 rings (SSSR count). The molecule has 1 N–H and O–H groups in total. The molecule has 0 amide bonds. The fourth-order valence-corrected chi connectivity index (χ4v) is 1.41. The van der Waals surface area contributed by atoms with E-state index in [1.807, 2.05) is 0 Å². The molecule has 66 valence electrons. The van der Waals surface area contributed by atoms with E-state index in [9.17, 15) is 9.90 Å². The summed E-state index contributed by atoms with van der Waals surface area (Å²) in [5.41, 5.74) is -1.08. The highest BCUT2D eigenvalue weighted by atomic mass is 16.6. The van der Waals surface area contributed by atoms with Gasteiger partial charge in [0.15, 0.2) is 0 Å². The number of hydrogen-bond donors (Lipinski definition) is 1. The summed E-state index contributed by atoms with van der Waals surface area (Å²) in [7, 11) is 0. The van der Waals surface area contributed by atoms with Gasteiger partial charge in [-0.3, -0.25) is 4.79 Å². The van der Waals surface area contributed by atoms with E-state index in [0.717, 1.165) is 0 Å². The molecule has 1 aliphatic heterocycles. The molecule has 3 nitrogen and oxygen atoms in total. The first-order valence-corrected chi connectivity index (χ1v) is 3.93. The normalized spacial score (nSPS) is 40.2. The summed E-state index contributed by atoms with van der Waals surface area (Å²) < 4.78 is 5.11. The number of aliphatic hydroxyl groups is 1. The molecule has 1 heterocycles. The van der Waals surface area contributed by atoms with Crippen molar-refractivity contribution >= 4 is 5.78 Å². The van der Waals surface area contributed by atoms with Crippen molar-refractivity contribution in [3.8, 4) is 11.8 Å². The molecule has 0 unspecified atom stereocenters. The van der Waals surface area contributed by atoms with Gasteiger partial charge >= 0.3 is 0 Å². The van der Waals surface area contributed by atoms with Gasteiger partial charge in [0.2, 0.25) is 11.4 Å². The number of epoxide rings is 1. The van der Waals surface area contributed by atoms with Crippen molar-refractivity contribution < 1.29 is 14.6 Å². The van der Waals surface area contributed by atoms with Crippen LogP contribution in [0.3, 0.4) is 0 Å². The second-order valence-corrected chi connectivity index (χ2v) is 2.96. The van der Waals surface area contributed by atoms with Crippen molar-refractivity contribution in [3.63, 3.8) is 0 Å². The third-order valence-electron chi connectivity index (χ3n) is 2.14. The lowest BCUT2D eigenvalue weighted by Crippen LogP contribution is -2.33. The molecule has 0 aromatic heterocycles. The standard InChI is InChI=1S/C10H8O3/c1-2-3-6-10-8(12)5-4-7(11)9(10)13-10/h2,4-5,7,9,11H,1H2/t7-,9-,10+/m1/s1. The average molecular weight is 176 g/mol. The lowest BCUT2D eigenvalue weighted by Gasteiger charge is -2.08. The van der Waals surface area contributed by atoms with E-state index in [2.05, 4.69) is 18.4 Å². The molecule has 0 bridgehead atoms. The fraction of sp³-hybridized carbons (Fsp3) is 0.300. The molecule has 0 aromatic carbocycles. The first-order chi connectivity index (χ1) is 6.20. The van der Waals surface area contributed by atoms with E-state index < -0.39 is 17.8 Å². The largest absolute Gasteiger partial charge is 0.386 e.